The van der Waals surface area contributed by atoms with Gasteiger partial charge in [-0.2, -0.15) is 0 Å². The molecule has 1 fully saturated rings. The van der Waals surface area contributed by atoms with Crippen molar-refractivity contribution in [3.63, 3.8) is 0 Å². The second kappa shape index (κ2) is 9.79. The van der Waals surface area contributed by atoms with Gasteiger partial charge in [0.2, 0.25) is 0 Å². The quantitative estimate of drug-likeness (QED) is 0.213. The molecule has 1 aliphatic rings. The van der Waals surface area contributed by atoms with Gasteiger partial charge in [0.1, 0.15) is 17.3 Å². The van der Waals surface area contributed by atoms with Gasteiger partial charge in [-0.3, -0.25) is 19.5 Å². The average Bonchev–Trinajstić information content (AvgIpc) is 3.45. The number of ether oxygens (including phenoxy) is 2. The summed E-state index contributed by atoms with van der Waals surface area (Å²) in [6, 6.07) is 14.8. The first kappa shape index (κ1) is 23.5. The molecule has 1 atom stereocenters. The molecule has 9 heteroatoms. The maximum atomic E-state index is 13.4. The summed E-state index contributed by atoms with van der Waals surface area (Å²) >= 11 is 1.27. The first-order valence-electron chi connectivity index (χ1n) is 11.4. The number of nitrogens with zero attached hydrogens (tertiary/aromatic N) is 3. The summed E-state index contributed by atoms with van der Waals surface area (Å²) in [4.78, 5) is 36.8. The summed E-state index contributed by atoms with van der Waals surface area (Å²) in [5, 5.41) is 11.7. The SMILES string of the molecule is CCCOc1cccc(C(O)=C2C(=O)C(=O)N(c3nc4ccc(OC)cc4s3)C2c2ccncc2)c1. The van der Waals surface area contributed by atoms with E-state index in [-0.39, 0.29) is 11.3 Å². The van der Waals surface area contributed by atoms with Gasteiger partial charge in [0.25, 0.3) is 5.78 Å². The number of fused-ring (bicyclic) bond motifs is 1. The first-order chi connectivity index (χ1) is 17.5. The lowest BCUT2D eigenvalue weighted by Gasteiger charge is -2.22. The molecule has 1 amide bonds. The number of aliphatic hydroxyl groups excluding tert-OH is 1. The van der Waals surface area contributed by atoms with Crippen LogP contribution in [0.2, 0.25) is 0 Å². The Hall–Kier alpha value is -4.24. The predicted octanol–water partition coefficient (Wildman–Crippen LogP) is 5.12. The van der Waals surface area contributed by atoms with Crippen LogP contribution in [0.4, 0.5) is 5.13 Å². The molecule has 0 saturated carbocycles. The van der Waals surface area contributed by atoms with Crippen LogP contribution in [-0.4, -0.2) is 40.5 Å². The maximum absolute atomic E-state index is 13.4. The molecule has 3 heterocycles. The highest BCUT2D eigenvalue weighted by Gasteiger charge is 2.48. The molecule has 36 heavy (non-hydrogen) atoms. The monoisotopic (exact) mass is 501 g/mol. The highest BCUT2D eigenvalue weighted by Crippen LogP contribution is 2.44. The fourth-order valence-electron chi connectivity index (χ4n) is 4.12. The van der Waals surface area contributed by atoms with Crippen LogP contribution in [0, 0.1) is 0 Å². The molecule has 2 aromatic carbocycles. The number of aromatic nitrogens is 2. The number of pyridine rings is 1. The Balaban J connectivity index is 1.66. The van der Waals surface area contributed by atoms with Crippen molar-refractivity contribution in [3.8, 4) is 11.5 Å². The molecule has 0 radical (unpaired) electrons. The van der Waals surface area contributed by atoms with E-state index < -0.39 is 17.7 Å². The van der Waals surface area contributed by atoms with E-state index in [2.05, 4.69) is 9.97 Å². The number of anilines is 1. The highest BCUT2D eigenvalue weighted by atomic mass is 32.1. The summed E-state index contributed by atoms with van der Waals surface area (Å²) < 4.78 is 11.8. The van der Waals surface area contributed by atoms with E-state index in [1.165, 1.54) is 16.2 Å². The molecular weight excluding hydrogens is 478 g/mol. The molecule has 1 unspecified atom stereocenters. The van der Waals surface area contributed by atoms with E-state index in [1.807, 2.05) is 13.0 Å². The van der Waals surface area contributed by atoms with Gasteiger partial charge in [-0.25, -0.2) is 4.98 Å². The average molecular weight is 502 g/mol. The number of amides is 1. The van der Waals surface area contributed by atoms with Crippen molar-refractivity contribution in [3.05, 3.63) is 83.7 Å². The normalized spacial score (nSPS) is 17.1. The third-order valence-corrected chi connectivity index (χ3v) is 6.85. The lowest BCUT2D eigenvalue weighted by atomic mass is 9.96. The van der Waals surface area contributed by atoms with Crippen molar-refractivity contribution in [2.45, 2.75) is 19.4 Å². The second-order valence-electron chi connectivity index (χ2n) is 8.16. The summed E-state index contributed by atoms with van der Waals surface area (Å²) in [6.45, 7) is 2.52. The first-order valence-corrected chi connectivity index (χ1v) is 12.2. The van der Waals surface area contributed by atoms with E-state index >= 15 is 0 Å². The lowest BCUT2D eigenvalue weighted by Crippen LogP contribution is -2.29. The third-order valence-electron chi connectivity index (χ3n) is 5.84. The van der Waals surface area contributed by atoms with Gasteiger partial charge in [-0.15, -0.1) is 0 Å². The van der Waals surface area contributed by atoms with Gasteiger partial charge in [-0.1, -0.05) is 30.4 Å². The Morgan fingerprint density at radius 2 is 1.89 bits per heavy atom. The third kappa shape index (κ3) is 4.18. The maximum Gasteiger partial charge on any atom is 0.301 e. The van der Waals surface area contributed by atoms with Crippen molar-refractivity contribution in [2.75, 3.05) is 18.6 Å². The van der Waals surface area contributed by atoms with Crippen LogP contribution in [0.3, 0.4) is 0 Å². The number of rotatable bonds is 7. The standard InChI is InChI=1S/C27H23N3O5S/c1-3-13-35-19-6-4-5-17(14-19)24(31)22-23(16-9-11-28-12-10-16)30(26(33)25(22)32)27-29-20-8-7-18(34-2)15-21(20)36-27/h4-12,14-15,23,31H,3,13H2,1-2H3. The van der Waals surface area contributed by atoms with Gasteiger partial charge in [-0.05, 0) is 54.4 Å². The number of hydrogen-bond acceptors (Lipinski definition) is 8. The molecule has 1 aliphatic heterocycles. The molecule has 1 saturated heterocycles. The number of benzene rings is 2. The van der Waals surface area contributed by atoms with Crippen molar-refractivity contribution in [1.29, 1.82) is 0 Å². The minimum absolute atomic E-state index is 0.0179. The van der Waals surface area contributed by atoms with Crippen LogP contribution in [0.15, 0.2) is 72.6 Å². The summed E-state index contributed by atoms with van der Waals surface area (Å²) in [5.41, 5.74) is 1.67. The van der Waals surface area contributed by atoms with Gasteiger partial charge in [0.15, 0.2) is 5.13 Å². The fourth-order valence-corrected chi connectivity index (χ4v) is 5.14. The zero-order valence-corrected chi connectivity index (χ0v) is 20.5. The zero-order valence-electron chi connectivity index (χ0n) is 19.7. The van der Waals surface area contributed by atoms with Gasteiger partial charge in [0.05, 0.1) is 35.5 Å². The lowest BCUT2D eigenvalue weighted by molar-refractivity contribution is -0.132. The number of ketones is 1. The number of carbonyl (C=O) groups is 2. The molecule has 182 valence electrons. The zero-order chi connectivity index (χ0) is 25.2. The molecule has 5 rings (SSSR count). The number of thiazole rings is 1. The van der Waals surface area contributed by atoms with Crippen LogP contribution < -0.4 is 14.4 Å². The Bertz CT molecular complexity index is 1480. The summed E-state index contributed by atoms with van der Waals surface area (Å²) in [7, 11) is 1.58. The molecule has 0 bridgehead atoms. The molecule has 0 aliphatic carbocycles. The highest BCUT2D eigenvalue weighted by molar-refractivity contribution is 7.22. The van der Waals surface area contributed by atoms with Gasteiger partial charge >= 0.3 is 5.91 Å². The number of methoxy groups -OCH3 is 1. The minimum atomic E-state index is -0.879. The van der Waals surface area contributed by atoms with Gasteiger partial charge < -0.3 is 14.6 Å². The smallest absolute Gasteiger partial charge is 0.301 e. The van der Waals surface area contributed by atoms with E-state index in [0.29, 0.717) is 39.9 Å². The van der Waals surface area contributed by atoms with Crippen molar-refractivity contribution < 1.29 is 24.2 Å². The van der Waals surface area contributed by atoms with Crippen LogP contribution in [0.1, 0.15) is 30.5 Å². The molecule has 8 nitrogen and oxygen atoms in total. The second-order valence-corrected chi connectivity index (χ2v) is 9.17. The Labute approximate surface area is 211 Å². The molecular formula is C27H23N3O5S. The van der Waals surface area contributed by atoms with Crippen molar-refractivity contribution in [1.82, 2.24) is 9.97 Å². The van der Waals surface area contributed by atoms with Gasteiger partial charge in [0, 0.05) is 18.0 Å². The largest absolute Gasteiger partial charge is 0.507 e. The van der Waals surface area contributed by atoms with E-state index in [0.717, 1.165) is 11.1 Å². The van der Waals surface area contributed by atoms with E-state index in [9.17, 15) is 14.7 Å². The predicted molar refractivity (Wildman–Crippen MR) is 137 cm³/mol. The minimum Gasteiger partial charge on any atom is -0.507 e. The Morgan fingerprint density at radius 3 is 2.64 bits per heavy atom. The topological polar surface area (TPSA) is 102 Å². The molecule has 4 aromatic rings. The molecule has 2 aromatic heterocycles. The molecule has 0 spiro atoms. The number of hydrogen-bond donors (Lipinski definition) is 1. The number of carbonyl (C=O) groups excluding carboxylic acids is 2. The van der Waals surface area contributed by atoms with E-state index in [4.69, 9.17) is 9.47 Å². The Kier molecular flexibility index (Phi) is 6.39. The fraction of sp³-hybridized carbons (Fsp3) is 0.185. The van der Waals surface area contributed by atoms with Crippen molar-refractivity contribution >= 4 is 44.1 Å². The van der Waals surface area contributed by atoms with Crippen LogP contribution >= 0.6 is 11.3 Å². The summed E-state index contributed by atoms with van der Waals surface area (Å²) in [5.74, 6) is -0.595. The summed E-state index contributed by atoms with van der Waals surface area (Å²) in [6.07, 6.45) is 3.99. The van der Waals surface area contributed by atoms with Crippen LogP contribution in [0.5, 0.6) is 11.5 Å². The van der Waals surface area contributed by atoms with Crippen molar-refractivity contribution in [2.24, 2.45) is 0 Å². The van der Waals surface area contributed by atoms with E-state index in [1.54, 1.807) is 68.0 Å². The number of aliphatic hydroxyl groups is 1. The number of Topliss-reactive ketones (excluding diaryl/α,β-unsaturated/α-hetero) is 1. The van der Waals surface area contributed by atoms with Crippen LogP contribution in [0.25, 0.3) is 16.0 Å². The van der Waals surface area contributed by atoms with Crippen LogP contribution in [-0.2, 0) is 9.59 Å². The Morgan fingerprint density at radius 1 is 1.08 bits per heavy atom. The molecule has 1 N–H and O–H groups in total.